The quantitative estimate of drug-likeness (QED) is 0.209. The number of azo groups is 1. The van der Waals surface area contributed by atoms with Crippen LogP contribution in [0.1, 0.15) is 41.4 Å². The van der Waals surface area contributed by atoms with Gasteiger partial charge in [-0.25, -0.2) is 4.79 Å². The van der Waals surface area contributed by atoms with Crippen LogP contribution >= 0.6 is 0 Å². The summed E-state index contributed by atoms with van der Waals surface area (Å²) in [6.07, 6.45) is -0.637. The summed E-state index contributed by atoms with van der Waals surface area (Å²) in [5.41, 5.74) is 1.34. The number of hydrogen-bond acceptors (Lipinski definition) is 7. The summed E-state index contributed by atoms with van der Waals surface area (Å²) in [7, 11) is 0. The molecule has 0 fully saturated rings. The zero-order valence-electron chi connectivity index (χ0n) is 17.6. The summed E-state index contributed by atoms with van der Waals surface area (Å²) >= 11 is 0. The number of rotatable bonds is 7. The van der Waals surface area contributed by atoms with E-state index >= 15 is 0 Å². The molecule has 2 N–H and O–H groups in total. The van der Waals surface area contributed by atoms with Crippen molar-refractivity contribution < 1.29 is 24.5 Å². The van der Waals surface area contributed by atoms with E-state index in [4.69, 9.17) is 4.74 Å². The Morgan fingerprint density at radius 3 is 2.28 bits per heavy atom. The van der Waals surface area contributed by atoms with Gasteiger partial charge in [-0.2, -0.15) is 0 Å². The van der Waals surface area contributed by atoms with Crippen LogP contribution in [0.2, 0.25) is 0 Å². The van der Waals surface area contributed by atoms with Gasteiger partial charge in [-0.1, -0.05) is 55.1 Å². The van der Waals surface area contributed by atoms with E-state index in [-0.39, 0.29) is 22.6 Å². The van der Waals surface area contributed by atoms with Gasteiger partial charge in [-0.05, 0) is 32.0 Å². The number of carbonyl (C=O) groups is 2. The van der Waals surface area contributed by atoms with Crippen LogP contribution in [0, 0.1) is 0 Å². The number of ketones is 1. The molecule has 7 nitrogen and oxygen atoms in total. The Bertz CT molecular complexity index is 1200. The summed E-state index contributed by atoms with van der Waals surface area (Å²) in [5.74, 6) is -1.77. The number of phenols is 2. The van der Waals surface area contributed by atoms with Gasteiger partial charge in [0.2, 0.25) is 0 Å². The minimum absolute atomic E-state index is 0.0139. The molecule has 0 aliphatic carbocycles. The van der Waals surface area contributed by atoms with Gasteiger partial charge < -0.3 is 14.9 Å². The Balaban J connectivity index is 1.95. The predicted molar refractivity (Wildman–Crippen MR) is 120 cm³/mol. The molecule has 3 rings (SSSR count). The Hall–Kier alpha value is -4.26. The Labute approximate surface area is 185 Å². The van der Waals surface area contributed by atoms with Crippen molar-refractivity contribution >= 4 is 23.1 Å². The summed E-state index contributed by atoms with van der Waals surface area (Å²) in [6.45, 7) is 6.80. The van der Waals surface area contributed by atoms with E-state index in [9.17, 15) is 19.8 Å². The van der Waals surface area contributed by atoms with Crippen molar-refractivity contribution in [1.29, 1.82) is 0 Å². The summed E-state index contributed by atoms with van der Waals surface area (Å²) < 4.78 is 5.35. The molecule has 1 unspecified atom stereocenters. The Morgan fingerprint density at radius 2 is 1.59 bits per heavy atom. The average molecular weight is 430 g/mol. The molecule has 1 atom stereocenters. The topological polar surface area (TPSA) is 109 Å². The first-order chi connectivity index (χ1) is 15.3. The van der Waals surface area contributed by atoms with E-state index in [2.05, 4.69) is 16.8 Å². The van der Waals surface area contributed by atoms with E-state index in [0.29, 0.717) is 16.8 Å². The molecule has 0 heterocycles. The average Bonchev–Trinajstić information content (AvgIpc) is 2.79. The van der Waals surface area contributed by atoms with Crippen molar-refractivity contribution in [2.75, 3.05) is 0 Å². The lowest BCUT2D eigenvalue weighted by Gasteiger charge is -2.15. The molecule has 3 aromatic carbocycles. The van der Waals surface area contributed by atoms with Crippen molar-refractivity contribution in [2.24, 2.45) is 10.2 Å². The first-order valence-corrected chi connectivity index (χ1v) is 9.81. The fourth-order valence-electron chi connectivity index (χ4n) is 2.95. The molecule has 0 saturated carbocycles. The number of esters is 1. The molecule has 0 radical (unpaired) electrons. The minimum atomic E-state index is -0.637. The zero-order valence-corrected chi connectivity index (χ0v) is 17.6. The van der Waals surface area contributed by atoms with E-state index in [1.54, 1.807) is 68.4 Å². The maximum absolute atomic E-state index is 12.7. The van der Waals surface area contributed by atoms with Gasteiger partial charge in [0.25, 0.3) is 0 Å². The molecule has 7 heteroatoms. The van der Waals surface area contributed by atoms with E-state index in [1.165, 1.54) is 12.1 Å². The highest BCUT2D eigenvalue weighted by Gasteiger charge is 2.20. The number of hydrogen-bond donors (Lipinski definition) is 2. The van der Waals surface area contributed by atoms with E-state index in [0.717, 1.165) is 0 Å². The van der Waals surface area contributed by atoms with Crippen LogP contribution in [0.15, 0.2) is 89.1 Å². The van der Waals surface area contributed by atoms with Crippen molar-refractivity contribution in [3.63, 3.8) is 0 Å². The largest absolute Gasteiger partial charge is 0.505 e. The SMILES string of the molecule is C=C(C)C(=O)OC(C)c1ccccc1N=Nc1c(O)ccc(C(=O)c2ccccc2)c1O. The van der Waals surface area contributed by atoms with Gasteiger partial charge >= 0.3 is 5.97 Å². The van der Waals surface area contributed by atoms with Crippen LogP contribution in [0.5, 0.6) is 11.5 Å². The molecule has 3 aromatic rings. The first kappa shape index (κ1) is 22.4. The zero-order chi connectivity index (χ0) is 23.3. The molecule has 0 aliphatic heterocycles. The first-order valence-electron chi connectivity index (χ1n) is 9.81. The van der Waals surface area contributed by atoms with Crippen LogP contribution in [0.3, 0.4) is 0 Å². The third-order valence-electron chi connectivity index (χ3n) is 4.68. The standard InChI is InChI=1S/C25H22N2O5/c1-15(2)25(31)32-16(3)18-11-7-8-12-20(18)26-27-22-21(28)14-13-19(24(22)30)23(29)17-9-5-4-6-10-17/h4-14,16,28,30H,1H2,2-3H3. The molecular formula is C25H22N2O5. The smallest absolute Gasteiger partial charge is 0.333 e. The third-order valence-corrected chi connectivity index (χ3v) is 4.68. The van der Waals surface area contributed by atoms with Crippen LogP contribution in [0.4, 0.5) is 11.4 Å². The second-order valence-electron chi connectivity index (χ2n) is 7.11. The second kappa shape index (κ2) is 9.70. The van der Waals surface area contributed by atoms with Crippen LogP contribution in [0.25, 0.3) is 0 Å². The fourth-order valence-corrected chi connectivity index (χ4v) is 2.95. The van der Waals surface area contributed by atoms with Crippen LogP contribution in [-0.4, -0.2) is 22.0 Å². The number of nitrogens with zero attached hydrogens (tertiary/aromatic N) is 2. The second-order valence-corrected chi connectivity index (χ2v) is 7.11. The lowest BCUT2D eigenvalue weighted by Crippen LogP contribution is -2.09. The highest BCUT2D eigenvalue weighted by molar-refractivity contribution is 6.11. The molecule has 32 heavy (non-hydrogen) atoms. The van der Waals surface area contributed by atoms with Gasteiger partial charge in [-0.3, -0.25) is 4.79 Å². The number of aromatic hydroxyl groups is 2. The number of benzene rings is 3. The van der Waals surface area contributed by atoms with Gasteiger partial charge in [0.15, 0.2) is 17.2 Å². The maximum Gasteiger partial charge on any atom is 0.333 e. The normalized spacial score (nSPS) is 11.8. The Morgan fingerprint density at radius 1 is 0.938 bits per heavy atom. The van der Waals surface area contributed by atoms with Gasteiger partial charge in [0, 0.05) is 16.7 Å². The summed E-state index contributed by atoms with van der Waals surface area (Å²) in [4.78, 5) is 24.6. The minimum Gasteiger partial charge on any atom is -0.505 e. The van der Waals surface area contributed by atoms with Crippen molar-refractivity contribution in [1.82, 2.24) is 0 Å². The molecule has 0 bridgehead atoms. The number of ether oxygens (including phenoxy) is 1. The maximum atomic E-state index is 12.7. The lowest BCUT2D eigenvalue weighted by atomic mass is 10.0. The molecule has 0 aliphatic rings. The predicted octanol–water partition coefficient (Wildman–Crippen LogP) is 5.92. The van der Waals surface area contributed by atoms with Gasteiger partial charge in [0.05, 0.1) is 11.3 Å². The molecule has 0 amide bonds. The van der Waals surface area contributed by atoms with E-state index in [1.807, 2.05) is 0 Å². The Kier molecular flexibility index (Phi) is 6.80. The number of phenolic OH excluding ortho intramolecular Hbond substituents is 2. The monoisotopic (exact) mass is 430 g/mol. The van der Waals surface area contributed by atoms with Crippen LogP contribution in [-0.2, 0) is 9.53 Å². The van der Waals surface area contributed by atoms with Crippen LogP contribution < -0.4 is 0 Å². The van der Waals surface area contributed by atoms with Gasteiger partial charge in [0.1, 0.15) is 11.9 Å². The van der Waals surface area contributed by atoms with Gasteiger partial charge in [-0.15, -0.1) is 10.2 Å². The molecule has 0 aromatic heterocycles. The van der Waals surface area contributed by atoms with E-state index < -0.39 is 23.6 Å². The fraction of sp³-hybridized carbons (Fsp3) is 0.120. The highest BCUT2D eigenvalue weighted by Crippen LogP contribution is 2.41. The van der Waals surface area contributed by atoms with Crippen molar-refractivity contribution in [3.8, 4) is 11.5 Å². The number of carbonyl (C=O) groups excluding carboxylic acids is 2. The molecular weight excluding hydrogens is 408 g/mol. The third kappa shape index (κ3) is 4.89. The molecule has 0 saturated heterocycles. The molecule has 0 spiro atoms. The van der Waals surface area contributed by atoms with Crippen molar-refractivity contribution in [2.45, 2.75) is 20.0 Å². The highest BCUT2D eigenvalue weighted by atomic mass is 16.5. The summed E-state index contributed by atoms with van der Waals surface area (Å²) in [6, 6.07) is 17.9. The lowest BCUT2D eigenvalue weighted by molar-refractivity contribution is -0.143. The molecule has 162 valence electrons. The summed E-state index contributed by atoms with van der Waals surface area (Å²) in [5, 5.41) is 28.9. The van der Waals surface area contributed by atoms with Crippen molar-refractivity contribution in [3.05, 3.63) is 95.6 Å².